The molecule has 0 spiro atoms. The van der Waals surface area contributed by atoms with Gasteiger partial charge < -0.3 is 10.5 Å². The van der Waals surface area contributed by atoms with Gasteiger partial charge >= 0.3 is 0 Å². The van der Waals surface area contributed by atoms with Gasteiger partial charge in [-0.05, 0) is 44.2 Å². The lowest BCUT2D eigenvalue weighted by atomic mass is 10.1. The number of pyridine rings is 1. The molecule has 3 aromatic carbocycles. The summed E-state index contributed by atoms with van der Waals surface area (Å²) in [7, 11) is -4.48. The summed E-state index contributed by atoms with van der Waals surface area (Å²) in [6.45, 7) is 3.92. The van der Waals surface area contributed by atoms with Gasteiger partial charge in [-0.25, -0.2) is 0 Å². The summed E-state index contributed by atoms with van der Waals surface area (Å²) in [6, 6.07) is 19.0. The van der Waals surface area contributed by atoms with Crippen molar-refractivity contribution in [3.8, 4) is 17.0 Å². The lowest BCUT2D eigenvalue weighted by molar-refractivity contribution is 0.243. The van der Waals surface area contributed by atoms with E-state index in [0.717, 1.165) is 11.3 Å². The van der Waals surface area contributed by atoms with E-state index >= 15 is 0 Å². The largest absolute Gasteiger partial charge is 0.490 e. The number of anilines is 1. The van der Waals surface area contributed by atoms with Crippen LogP contribution in [-0.2, 0) is 10.1 Å². The first-order chi connectivity index (χ1) is 15.7. The molecule has 9 heteroatoms. The lowest BCUT2D eigenvalue weighted by Gasteiger charge is -2.13. The minimum Gasteiger partial charge on any atom is -0.490 e. The molecule has 0 aliphatic carbocycles. The molecule has 3 N–H and O–H groups in total. The van der Waals surface area contributed by atoms with Crippen LogP contribution in [0.5, 0.6) is 5.75 Å². The zero-order chi connectivity index (χ0) is 23.6. The van der Waals surface area contributed by atoms with Crippen LogP contribution in [0.2, 0.25) is 0 Å². The topological polar surface area (TPSA) is 127 Å². The maximum absolute atomic E-state index is 11.9. The van der Waals surface area contributed by atoms with Gasteiger partial charge in [0.25, 0.3) is 10.1 Å². The average molecular weight is 463 g/mol. The second-order valence-electron chi connectivity index (χ2n) is 7.59. The molecule has 33 heavy (non-hydrogen) atoms. The van der Waals surface area contributed by atoms with Crippen LogP contribution in [0.15, 0.2) is 88.1 Å². The second kappa shape index (κ2) is 8.97. The van der Waals surface area contributed by atoms with Crippen molar-refractivity contribution >= 4 is 38.0 Å². The first-order valence-corrected chi connectivity index (χ1v) is 11.6. The summed E-state index contributed by atoms with van der Waals surface area (Å²) >= 11 is 0. The number of hydrogen-bond donors (Lipinski definition) is 2. The molecule has 0 bridgehead atoms. The molecule has 0 amide bonds. The number of nitrogen functional groups attached to an aromatic ring is 1. The fourth-order valence-corrected chi connectivity index (χ4v) is 4.11. The highest BCUT2D eigenvalue weighted by Crippen LogP contribution is 2.37. The quantitative estimate of drug-likeness (QED) is 0.208. The van der Waals surface area contributed by atoms with Crippen molar-refractivity contribution in [1.29, 1.82) is 0 Å². The van der Waals surface area contributed by atoms with Gasteiger partial charge in [0.1, 0.15) is 22.0 Å². The van der Waals surface area contributed by atoms with E-state index in [1.807, 2.05) is 38.1 Å². The molecule has 4 rings (SSSR count). The number of hydrogen-bond acceptors (Lipinski definition) is 7. The molecule has 1 aromatic heterocycles. The van der Waals surface area contributed by atoms with Gasteiger partial charge in [0.2, 0.25) is 0 Å². The summed E-state index contributed by atoms with van der Waals surface area (Å²) in [4.78, 5) is 4.18. The van der Waals surface area contributed by atoms with Crippen LogP contribution in [0.4, 0.5) is 17.1 Å². The number of para-hydroxylation sites is 1. The van der Waals surface area contributed by atoms with Crippen molar-refractivity contribution in [1.82, 2.24) is 4.98 Å². The first-order valence-electron chi connectivity index (χ1n) is 10.2. The Bertz CT molecular complexity index is 1450. The van der Waals surface area contributed by atoms with Gasteiger partial charge in [-0.2, -0.15) is 8.42 Å². The zero-order valence-corrected chi connectivity index (χ0v) is 18.8. The van der Waals surface area contributed by atoms with Crippen LogP contribution in [0.25, 0.3) is 22.0 Å². The minimum absolute atomic E-state index is 0.0271. The number of nitrogens with zero attached hydrogens (tertiary/aromatic N) is 3. The maximum atomic E-state index is 11.9. The van der Waals surface area contributed by atoms with Gasteiger partial charge in [-0.3, -0.25) is 9.54 Å². The fraction of sp³-hybridized carbons (Fsp3) is 0.125. The fourth-order valence-electron chi connectivity index (χ4n) is 3.40. The van der Waals surface area contributed by atoms with E-state index in [1.54, 1.807) is 42.6 Å². The molecule has 168 valence electrons. The monoisotopic (exact) mass is 462 g/mol. The maximum Gasteiger partial charge on any atom is 0.295 e. The van der Waals surface area contributed by atoms with Crippen molar-refractivity contribution in [2.24, 2.45) is 10.2 Å². The normalized spacial score (nSPS) is 12.0. The Morgan fingerprint density at radius 1 is 0.970 bits per heavy atom. The Morgan fingerprint density at radius 2 is 1.67 bits per heavy atom. The Morgan fingerprint density at radius 3 is 2.33 bits per heavy atom. The summed E-state index contributed by atoms with van der Waals surface area (Å²) in [6.07, 6.45) is 1.57. The van der Waals surface area contributed by atoms with Gasteiger partial charge in [0.15, 0.2) is 0 Å². The molecule has 0 saturated carbocycles. The zero-order valence-electron chi connectivity index (χ0n) is 18.0. The van der Waals surface area contributed by atoms with Crippen molar-refractivity contribution in [2.45, 2.75) is 24.8 Å². The Hall–Kier alpha value is -3.82. The molecule has 0 unspecified atom stereocenters. The third kappa shape index (κ3) is 4.84. The van der Waals surface area contributed by atoms with Crippen LogP contribution in [0.3, 0.4) is 0 Å². The summed E-state index contributed by atoms with van der Waals surface area (Å²) in [5, 5.41) is 9.03. The number of aromatic nitrogens is 1. The van der Waals surface area contributed by atoms with Crippen molar-refractivity contribution in [3.63, 3.8) is 0 Å². The Balaban J connectivity index is 1.68. The predicted molar refractivity (Wildman–Crippen MR) is 128 cm³/mol. The van der Waals surface area contributed by atoms with Crippen molar-refractivity contribution in [2.75, 3.05) is 5.73 Å². The predicted octanol–water partition coefficient (Wildman–Crippen LogP) is 5.93. The molecular formula is C24H22N4O4S. The summed E-state index contributed by atoms with van der Waals surface area (Å²) in [5.74, 6) is 0.732. The number of ether oxygens (including phenoxy) is 1. The molecule has 4 aromatic rings. The number of fused-ring (bicyclic) bond motifs is 1. The molecule has 0 aliphatic heterocycles. The highest BCUT2D eigenvalue weighted by atomic mass is 32.2. The molecule has 0 radical (unpaired) electrons. The third-order valence-corrected chi connectivity index (χ3v) is 5.74. The van der Waals surface area contributed by atoms with Crippen molar-refractivity contribution < 1.29 is 17.7 Å². The van der Waals surface area contributed by atoms with E-state index in [-0.39, 0.29) is 22.4 Å². The van der Waals surface area contributed by atoms with Crippen molar-refractivity contribution in [3.05, 3.63) is 72.9 Å². The molecular weight excluding hydrogens is 440 g/mol. The molecule has 1 heterocycles. The Kier molecular flexibility index (Phi) is 6.08. The number of rotatable bonds is 6. The number of benzene rings is 3. The second-order valence-corrected chi connectivity index (χ2v) is 8.98. The highest BCUT2D eigenvalue weighted by molar-refractivity contribution is 7.86. The van der Waals surface area contributed by atoms with Crippen LogP contribution in [-0.4, -0.2) is 24.1 Å². The van der Waals surface area contributed by atoms with Gasteiger partial charge in [0, 0.05) is 16.3 Å². The number of nitrogens with two attached hydrogens (primary N) is 1. The third-order valence-electron chi connectivity index (χ3n) is 4.85. The van der Waals surface area contributed by atoms with E-state index in [9.17, 15) is 13.0 Å². The van der Waals surface area contributed by atoms with Gasteiger partial charge in [0.05, 0.1) is 23.7 Å². The smallest absolute Gasteiger partial charge is 0.295 e. The number of azo groups is 1. The average Bonchev–Trinajstić information content (AvgIpc) is 2.78. The molecule has 0 atom stereocenters. The minimum atomic E-state index is -4.48. The van der Waals surface area contributed by atoms with Gasteiger partial charge in [-0.15, -0.1) is 10.2 Å². The molecule has 0 saturated heterocycles. The van der Waals surface area contributed by atoms with E-state index in [2.05, 4.69) is 15.2 Å². The van der Waals surface area contributed by atoms with E-state index in [4.69, 9.17) is 10.5 Å². The lowest BCUT2D eigenvalue weighted by Crippen LogP contribution is -2.06. The molecule has 0 aliphatic rings. The van der Waals surface area contributed by atoms with Gasteiger partial charge in [-0.1, -0.05) is 36.4 Å². The Labute approximate surface area is 191 Å². The summed E-state index contributed by atoms with van der Waals surface area (Å²) < 4.78 is 39.2. The van der Waals surface area contributed by atoms with Crippen LogP contribution >= 0.6 is 0 Å². The van der Waals surface area contributed by atoms with Crippen LogP contribution < -0.4 is 10.5 Å². The van der Waals surface area contributed by atoms with E-state index in [0.29, 0.717) is 22.2 Å². The van der Waals surface area contributed by atoms with Crippen LogP contribution in [0, 0.1) is 0 Å². The highest BCUT2D eigenvalue weighted by Gasteiger charge is 2.18. The summed E-state index contributed by atoms with van der Waals surface area (Å²) in [5.41, 5.74) is 8.59. The molecule has 0 fully saturated rings. The standard InChI is InChI=1S/C24H22N4O4S/c1-15(2)32-22-10-6-5-9-19(22)20-12-11-16(14-26-20)27-28-21-13-23(33(29,30)31)17-7-3-4-8-18(17)24(21)25/h3-15H,25H2,1-2H3,(H,29,30,31). The molecule has 8 nitrogen and oxygen atoms in total. The SMILES string of the molecule is CC(C)Oc1ccccc1-c1ccc(N=Nc2cc(S(=O)(=O)O)c3ccccc3c2N)cn1. The van der Waals surface area contributed by atoms with Crippen LogP contribution in [0.1, 0.15) is 13.8 Å². The van der Waals surface area contributed by atoms with E-state index < -0.39 is 10.1 Å². The first kappa shape index (κ1) is 22.4. The van der Waals surface area contributed by atoms with E-state index in [1.165, 1.54) is 6.07 Å².